The van der Waals surface area contributed by atoms with Gasteiger partial charge in [-0.15, -0.1) is 0 Å². The molecule has 0 saturated heterocycles. The first-order valence-electron chi connectivity index (χ1n) is 3.54. The summed E-state index contributed by atoms with van der Waals surface area (Å²) in [7, 11) is 3.79. The van der Waals surface area contributed by atoms with E-state index >= 15 is 0 Å². The molecule has 0 radical (unpaired) electrons. The Morgan fingerprint density at radius 1 is 1.60 bits per heavy atom. The number of nitrogens with zero attached hydrogens (tertiary/aromatic N) is 1. The van der Waals surface area contributed by atoms with Crippen LogP contribution in [0.1, 0.15) is 13.3 Å². The number of quaternary nitrogens is 1. The third-order valence-electron chi connectivity index (χ3n) is 1.55. The number of likely N-dealkylation sites (N-methyl/N-ethyl adjacent to an activating group) is 1. The van der Waals surface area contributed by atoms with Crippen molar-refractivity contribution in [3.63, 3.8) is 0 Å². The highest BCUT2D eigenvalue weighted by Crippen LogP contribution is 1.99. The van der Waals surface area contributed by atoms with E-state index in [9.17, 15) is 4.79 Å². The summed E-state index contributed by atoms with van der Waals surface area (Å²) in [5.41, 5.74) is 0. The van der Waals surface area contributed by atoms with Crippen LogP contribution in [0, 0.1) is 0 Å². The van der Waals surface area contributed by atoms with Crippen molar-refractivity contribution in [1.29, 1.82) is 0 Å². The molecule has 0 saturated carbocycles. The van der Waals surface area contributed by atoms with Crippen LogP contribution in [0.5, 0.6) is 0 Å². The van der Waals surface area contributed by atoms with Gasteiger partial charge in [0.15, 0.2) is 0 Å². The fourth-order valence-electron chi connectivity index (χ4n) is 0.916. The molecule has 0 fully saturated rings. The lowest BCUT2D eigenvalue weighted by atomic mass is 10.3. The topological polar surface area (TPSA) is 17.1 Å². The second-order valence-corrected chi connectivity index (χ2v) is 2.95. The van der Waals surface area contributed by atoms with Crippen LogP contribution < -0.4 is 0 Å². The Hall–Kier alpha value is -0.630. The van der Waals surface area contributed by atoms with Crippen LogP contribution in [0.25, 0.3) is 0 Å². The molecule has 0 atom stereocenters. The SMILES string of the molecule is C=CC(=O)[N+](C)(C)CCC. The maximum Gasteiger partial charge on any atom is 0.337 e. The average molecular weight is 142 g/mol. The van der Waals surface area contributed by atoms with Crippen molar-refractivity contribution in [3.8, 4) is 0 Å². The molecule has 2 nitrogen and oxygen atoms in total. The molecule has 58 valence electrons. The van der Waals surface area contributed by atoms with Crippen molar-refractivity contribution in [2.24, 2.45) is 0 Å². The first kappa shape index (κ1) is 9.37. The fraction of sp³-hybridized carbons (Fsp3) is 0.625. The van der Waals surface area contributed by atoms with Crippen molar-refractivity contribution in [2.45, 2.75) is 13.3 Å². The van der Waals surface area contributed by atoms with Gasteiger partial charge in [-0.05, 0) is 6.42 Å². The molecule has 0 N–H and O–H groups in total. The lowest BCUT2D eigenvalue weighted by Gasteiger charge is -2.24. The van der Waals surface area contributed by atoms with Gasteiger partial charge >= 0.3 is 5.91 Å². The third kappa shape index (κ3) is 2.31. The summed E-state index contributed by atoms with van der Waals surface area (Å²) >= 11 is 0. The molecule has 0 rings (SSSR count). The summed E-state index contributed by atoms with van der Waals surface area (Å²) in [6, 6.07) is 0. The molecule has 0 aromatic heterocycles. The Kier molecular flexibility index (Phi) is 3.30. The Labute approximate surface area is 62.7 Å². The van der Waals surface area contributed by atoms with E-state index in [2.05, 4.69) is 13.5 Å². The minimum atomic E-state index is 0.0850. The van der Waals surface area contributed by atoms with Crippen molar-refractivity contribution < 1.29 is 9.28 Å². The lowest BCUT2D eigenvalue weighted by molar-refractivity contribution is -0.811. The molecule has 2 heteroatoms. The van der Waals surface area contributed by atoms with Crippen molar-refractivity contribution in [2.75, 3.05) is 20.6 Å². The maximum absolute atomic E-state index is 11.1. The molecule has 0 aromatic carbocycles. The van der Waals surface area contributed by atoms with Crippen LogP contribution in [0.4, 0.5) is 0 Å². The van der Waals surface area contributed by atoms with Gasteiger partial charge in [-0.2, -0.15) is 0 Å². The first-order chi connectivity index (χ1) is 4.54. The lowest BCUT2D eigenvalue weighted by Crippen LogP contribution is -2.44. The monoisotopic (exact) mass is 142 g/mol. The van der Waals surface area contributed by atoms with Gasteiger partial charge in [0.05, 0.1) is 20.6 Å². The number of hydrogen-bond donors (Lipinski definition) is 0. The van der Waals surface area contributed by atoms with Crippen molar-refractivity contribution in [1.82, 2.24) is 0 Å². The third-order valence-corrected chi connectivity index (χ3v) is 1.55. The molecular formula is C8H16NO+. The summed E-state index contributed by atoms with van der Waals surface area (Å²) in [5, 5.41) is 0. The Balaban J connectivity index is 4.08. The molecule has 0 spiro atoms. The van der Waals surface area contributed by atoms with Gasteiger partial charge in [0.1, 0.15) is 0 Å². The van der Waals surface area contributed by atoms with Crippen LogP contribution in [-0.2, 0) is 4.79 Å². The molecule has 0 aromatic rings. The standard InChI is InChI=1S/C8H16NO/c1-5-7-9(3,4)8(10)6-2/h6H,2,5,7H2,1,3-4H3/q+1. The van der Waals surface area contributed by atoms with Gasteiger partial charge in [-0.25, -0.2) is 4.79 Å². The highest BCUT2D eigenvalue weighted by molar-refractivity contribution is 5.80. The van der Waals surface area contributed by atoms with Crippen LogP contribution in [0.15, 0.2) is 12.7 Å². The Morgan fingerprint density at radius 3 is 2.40 bits per heavy atom. The fourth-order valence-corrected chi connectivity index (χ4v) is 0.916. The van der Waals surface area contributed by atoms with E-state index < -0.39 is 0 Å². The normalized spacial score (nSPS) is 11.1. The summed E-state index contributed by atoms with van der Waals surface area (Å²) in [5.74, 6) is 0.0850. The van der Waals surface area contributed by atoms with Gasteiger partial charge < -0.3 is 0 Å². The summed E-state index contributed by atoms with van der Waals surface area (Å²) < 4.78 is 0.417. The van der Waals surface area contributed by atoms with E-state index in [0.717, 1.165) is 13.0 Å². The summed E-state index contributed by atoms with van der Waals surface area (Å²) in [6.07, 6.45) is 2.41. The van der Waals surface area contributed by atoms with Crippen molar-refractivity contribution >= 4 is 5.91 Å². The predicted octanol–water partition coefficient (Wildman–Crippen LogP) is 1.19. The predicted molar refractivity (Wildman–Crippen MR) is 42.5 cm³/mol. The quantitative estimate of drug-likeness (QED) is 0.427. The largest absolute Gasteiger partial charge is 0.337 e. The minimum Gasteiger partial charge on any atom is -0.261 e. The van der Waals surface area contributed by atoms with E-state index in [1.54, 1.807) is 0 Å². The van der Waals surface area contributed by atoms with E-state index in [1.807, 2.05) is 14.1 Å². The van der Waals surface area contributed by atoms with Gasteiger partial charge in [0, 0.05) is 6.08 Å². The average Bonchev–Trinajstić information content (AvgIpc) is 1.86. The maximum atomic E-state index is 11.1. The molecule has 0 aliphatic rings. The van der Waals surface area contributed by atoms with E-state index in [4.69, 9.17) is 0 Å². The number of carbonyl (C=O) groups is 1. The molecule has 10 heavy (non-hydrogen) atoms. The second-order valence-electron chi connectivity index (χ2n) is 2.95. The van der Waals surface area contributed by atoms with Crippen LogP contribution in [0.3, 0.4) is 0 Å². The zero-order valence-electron chi connectivity index (χ0n) is 7.05. The molecule has 0 heterocycles. The summed E-state index contributed by atoms with van der Waals surface area (Å²) in [6.45, 7) is 6.39. The number of rotatable bonds is 3. The highest BCUT2D eigenvalue weighted by Gasteiger charge is 2.20. The van der Waals surface area contributed by atoms with Gasteiger partial charge in [0.25, 0.3) is 0 Å². The van der Waals surface area contributed by atoms with Gasteiger partial charge in [-0.1, -0.05) is 13.5 Å². The number of carbonyl (C=O) groups excluding carboxylic acids is 1. The molecular weight excluding hydrogens is 126 g/mol. The second kappa shape index (κ2) is 3.52. The highest BCUT2D eigenvalue weighted by atomic mass is 16.2. The first-order valence-corrected chi connectivity index (χ1v) is 3.54. The zero-order chi connectivity index (χ0) is 8.20. The Bertz CT molecular complexity index is 138. The number of hydrogen-bond acceptors (Lipinski definition) is 1. The van der Waals surface area contributed by atoms with Gasteiger partial charge in [-0.3, -0.25) is 4.48 Å². The summed E-state index contributed by atoms with van der Waals surface area (Å²) in [4.78, 5) is 11.1. The molecule has 0 aliphatic carbocycles. The number of amides is 1. The van der Waals surface area contributed by atoms with Crippen LogP contribution >= 0.6 is 0 Å². The van der Waals surface area contributed by atoms with Crippen LogP contribution in [-0.4, -0.2) is 31.0 Å². The van der Waals surface area contributed by atoms with Crippen LogP contribution in [0.2, 0.25) is 0 Å². The van der Waals surface area contributed by atoms with Crippen molar-refractivity contribution in [3.05, 3.63) is 12.7 Å². The van der Waals surface area contributed by atoms with E-state index in [0.29, 0.717) is 4.48 Å². The molecule has 0 bridgehead atoms. The Morgan fingerprint density at radius 2 is 2.10 bits per heavy atom. The van der Waals surface area contributed by atoms with E-state index in [1.165, 1.54) is 6.08 Å². The minimum absolute atomic E-state index is 0.0850. The molecule has 0 aliphatic heterocycles. The molecule has 0 unspecified atom stereocenters. The smallest absolute Gasteiger partial charge is 0.261 e. The van der Waals surface area contributed by atoms with Gasteiger partial charge in [0.2, 0.25) is 0 Å². The molecule has 1 amide bonds. The van der Waals surface area contributed by atoms with E-state index in [-0.39, 0.29) is 5.91 Å². The zero-order valence-corrected chi connectivity index (χ0v) is 7.05.